The van der Waals surface area contributed by atoms with E-state index >= 15 is 0 Å². The maximum atomic E-state index is 12.9. The number of esters is 1. The summed E-state index contributed by atoms with van der Waals surface area (Å²) in [7, 11) is 0. The molecule has 0 aliphatic heterocycles. The molecule has 0 saturated carbocycles. The van der Waals surface area contributed by atoms with Crippen LogP contribution in [0.15, 0.2) is 59.0 Å². The van der Waals surface area contributed by atoms with E-state index in [1.165, 1.54) is 22.3 Å². The van der Waals surface area contributed by atoms with Gasteiger partial charge in [0.05, 0.1) is 12.3 Å². The van der Waals surface area contributed by atoms with Crippen molar-refractivity contribution in [3.8, 4) is 11.3 Å². The molecular formula is C27H26N2O4S. The first-order valence-corrected chi connectivity index (χ1v) is 11.9. The van der Waals surface area contributed by atoms with Crippen LogP contribution in [-0.4, -0.2) is 23.5 Å². The number of carbonyl (C=O) groups excluding carboxylic acids is 2. The molecule has 7 heteroatoms. The number of benzene rings is 2. The minimum Gasteiger partial charge on any atom is -0.462 e. The number of rotatable bonds is 7. The van der Waals surface area contributed by atoms with Crippen molar-refractivity contribution in [2.24, 2.45) is 0 Å². The number of ether oxygens (including phenoxy) is 1. The minimum absolute atomic E-state index is 0.187. The van der Waals surface area contributed by atoms with Crippen LogP contribution in [0.5, 0.6) is 0 Å². The third-order valence-electron chi connectivity index (χ3n) is 5.43. The van der Waals surface area contributed by atoms with E-state index < -0.39 is 11.9 Å². The Bertz CT molecular complexity index is 1310. The van der Waals surface area contributed by atoms with E-state index in [1.54, 1.807) is 13.0 Å². The van der Waals surface area contributed by atoms with Gasteiger partial charge in [0.25, 0.3) is 5.91 Å². The van der Waals surface area contributed by atoms with E-state index in [9.17, 15) is 9.59 Å². The van der Waals surface area contributed by atoms with E-state index in [2.05, 4.69) is 43.2 Å². The Morgan fingerprint density at radius 2 is 1.74 bits per heavy atom. The van der Waals surface area contributed by atoms with Crippen LogP contribution in [0.3, 0.4) is 0 Å². The number of amides is 1. The summed E-state index contributed by atoms with van der Waals surface area (Å²) in [6.45, 7) is 8.24. The Labute approximate surface area is 202 Å². The van der Waals surface area contributed by atoms with Gasteiger partial charge in [0, 0.05) is 12.0 Å². The number of nitrogens with one attached hydrogen (secondary N) is 1. The third-order valence-corrected chi connectivity index (χ3v) is 6.38. The molecule has 0 bridgehead atoms. The van der Waals surface area contributed by atoms with Gasteiger partial charge >= 0.3 is 5.97 Å². The molecule has 6 nitrogen and oxygen atoms in total. The van der Waals surface area contributed by atoms with Crippen molar-refractivity contribution >= 4 is 28.3 Å². The zero-order chi connectivity index (χ0) is 24.2. The van der Waals surface area contributed by atoms with Crippen molar-refractivity contribution in [2.75, 3.05) is 11.9 Å². The molecule has 2 aromatic heterocycles. The Morgan fingerprint density at radius 1 is 1.03 bits per heavy atom. The molecule has 2 aromatic carbocycles. The van der Waals surface area contributed by atoms with Crippen LogP contribution in [0.25, 0.3) is 11.3 Å². The normalized spacial score (nSPS) is 10.8. The Kier molecular flexibility index (Phi) is 6.93. The average molecular weight is 475 g/mol. The minimum atomic E-state index is -0.469. The van der Waals surface area contributed by atoms with E-state index in [0.29, 0.717) is 27.9 Å². The first-order chi connectivity index (χ1) is 16.4. The first kappa shape index (κ1) is 23.4. The van der Waals surface area contributed by atoms with Crippen LogP contribution in [0.4, 0.5) is 5.13 Å². The fourth-order valence-electron chi connectivity index (χ4n) is 3.92. The van der Waals surface area contributed by atoms with Gasteiger partial charge in [-0.15, -0.1) is 0 Å². The number of aromatic nitrogens is 1. The van der Waals surface area contributed by atoms with Crippen LogP contribution in [0, 0.1) is 20.8 Å². The van der Waals surface area contributed by atoms with Gasteiger partial charge in [-0.1, -0.05) is 59.4 Å². The number of hydrogen-bond acceptors (Lipinski definition) is 6. The summed E-state index contributed by atoms with van der Waals surface area (Å²) in [6.07, 6.45) is 0.605. The smallest absolute Gasteiger partial charge is 0.350 e. The van der Waals surface area contributed by atoms with Crippen molar-refractivity contribution in [1.29, 1.82) is 0 Å². The number of carbonyl (C=O) groups is 2. The second-order valence-electron chi connectivity index (χ2n) is 8.06. The van der Waals surface area contributed by atoms with Gasteiger partial charge in [-0.2, -0.15) is 0 Å². The number of thiazole rings is 1. The van der Waals surface area contributed by atoms with Gasteiger partial charge in [0.15, 0.2) is 10.9 Å². The topological polar surface area (TPSA) is 81.4 Å². The highest BCUT2D eigenvalue weighted by Gasteiger charge is 2.22. The number of anilines is 1. The van der Waals surface area contributed by atoms with Crippen LogP contribution < -0.4 is 5.32 Å². The lowest BCUT2D eigenvalue weighted by Gasteiger charge is -2.09. The predicted molar refractivity (Wildman–Crippen MR) is 134 cm³/mol. The van der Waals surface area contributed by atoms with E-state index in [4.69, 9.17) is 9.15 Å². The molecule has 0 unspecified atom stereocenters. The van der Waals surface area contributed by atoms with Gasteiger partial charge in [0.2, 0.25) is 0 Å². The molecule has 0 aliphatic rings. The zero-order valence-corrected chi connectivity index (χ0v) is 20.4. The number of furan rings is 1. The highest BCUT2D eigenvalue weighted by atomic mass is 32.1. The van der Waals surface area contributed by atoms with Gasteiger partial charge in [-0.3, -0.25) is 10.1 Å². The molecule has 174 valence electrons. The summed E-state index contributed by atoms with van der Waals surface area (Å²) in [5, 5.41) is 3.06. The lowest BCUT2D eigenvalue weighted by Crippen LogP contribution is -2.10. The molecule has 0 saturated heterocycles. The summed E-state index contributed by atoms with van der Waals surface area (Å²) in [4.78, 5) is 30.2. The summed E-state index contributed by atoms with van der Waals surface area (Å²) >= 11 is 1.08. The second kappa shape index (κ2) is 10.1. The molecule has 0 fully saturated rings. The largest absolute Gasteiger partial charge is 0.462 e. The van der Waals surface area contributed by atoms with Gasteiger partial charge in [-0.05, 0) is 56.5 Å². The molecule has 0 aliphatic carbocycles. The standard InChI is InChI=1S/C27H26N2O4S/c1-5-32-26(31)24-23(19-9-7-6-8-10-19)28-27(34-24)29-25(30)22-12-11-20(33-22)15-21-17(3)13-16(2)14-18(21)4/h6-14H,5,15H2,1-4H3,(H,28,29,30). The molecule has 0 atom stereocenters. The zero-order valence-electron chi connectivity index (χ0n) is 19.6. The summed E-state index contributed by atoms with van der Waals surface area (Å²) in [5.74, 6) is -0.000984. The summed E-state index contributed by atoms with van der Waals surface area (Å²) in [6, 6.07) is 17.1. The van der Waals surface area contributed by atoms with Crippen LogP contribution in [-0.2, 0) is 11.2 Å². The van der Waals surface area contributed by atoms with Crippen LogP contribution in [0.2, 0.25) is 0 Å². The molecule has 0 spiro atoms. The molecule has 1 amide bonds. The first-order valence-electron chi connectivity index (χ1n) is 11.1. The van der Waals surface area contributed by atoms with E-state index in [-0.39, 0.29) is 12.4 Å². The Morgan fingerprint density at radius 3 is 2.41 bits per heavy atom. The molecule has 1 N–H and O–H groups in total. The van der Waals surface area contributed by atoms with Crippen molar-refractivity contribution in [3.63, 3.8) is 0 Å². The number of nitrogens with zero attached hydrogens (tertiary/aromatic N) is 1. The molecule has 34 heavy (non-hydrogen) atoms. The van der Waals surface area contributed by atoms with Gasteiger partial charge in [0.1, 0.15) is 10.6 Å². The molecule has 2 heterocycles. The summed E-state index contributed by atoms with van der Waals surface area (Å²) in [5.41, 5.74) is 6.05. The van der Waals surface area contributed by atoms with Gasteiger partial charge in [-0.25, -0.2) is 9.78 Å². The predicted octanol–water partition coefficient (Wildman–Crippen LogP) is 6.35. The maximum Gasteiger partial charge on any atom is 0.350 e. The van der Waals surface area contributed by atoms with Gasteiger partial charge < -0.3 is 9.15 Å². The average Bonchev–Trinajstić information content (AvgIpc) is 3.44. The molecule has 4 aromatic rings. The van der Waals surface area contributed by atoms with Crippen molar-refractivity contribution in [2.45, 2.75) is 34.1 Å². The Hall–Kier alpha value is -3.71. The fraction of sp³-hybridized carbons (Fsp3) is 0.222. The fourth-order valence-corrected chi connectivity index (χ4v) is 4.79. The highest BCUT2D eigenvalue weighted by molar-refractivity contribution is 7.18. The van der Waals surface area contributed by atoms with Crippen molar-refractivity contribution in [3.05, 3.63) is 93.2 Å². The van der Waals surface area contributed by atoms with Crippen LogP contribution in [0.1, 0.15) is 55.2 Å². The lowest BCUT2D eigenvalue weighted by molar-refractivity contribution is 0.0532. The number of aryl methyl sites for hydroxylation is 3. The van der Waals surface area contributed by atoms with Crippen molar-refractivity contribution < 1.29 is 18.7 Å². The van der Waals surface area contributed by atoms with E-state index in [1.807, 2.05) is 36.4 Å². The lowest BCUT2D eigenvalue weighted by atomic mass is 9.97. The summed E-state index contributed by atoms with van der Waals surface area (Å²) < 4.78 is 11.0. The van der Waals surface area contributed by atoms with Crippen molar-refractivity contribution in [1.82, 2.24) is 4.98 Å². The van der Waals surface area contributed by atoms with E-state index in [0.717, 1.165) is 16.9 Å². The monoisotopic (exact) mass is 474 g/mol. The molecule has 0 radical (unpaired) electrons. The highest BCUT2D eigenvalue weighted by Crippen LogP contribution is 2.32. The van der Waals surface area contributed by atoms with Crippen LogP contribution >= 0.6 is 11.3 Å². The quantitative estimate of drug-likeness (QED) is 0.316. The molecule has 4 rings (SSSR count). The maximum absolute atomic E-state index is 12.9. The number of hydrogen-bond donors (Lipinski definition) is 1. The Balaban J connectivity index is 1.54. The second-order valence-corrected chi connectivity index (χ2v) is 9.06. The SMILES string of the molecule is CCOC(=O)c1sc(NC(=O)c2ccc(Cc3c(C)cc(C)cc3C)o2)nc1-c1ccccc1. The molecular weight excluding hydrogens is 448 g/mol. The third kappa shape index (κ3) is 5.10.